The molecule has 4 saturated carbocycles. The number of halogens is 1. The number of aliphatic hydroxyl groups is 2. The van der Waals surface area contributed by atoms with E-state index in [9.17, 15) is 19.8 Å². The molecule has 6 nitrogen and oxygen atoms in total. The van der Waals surface area contributed by atoms with E-state index in [0.717, 1.165) is 6.42 Å². The topological polar surface area (TPSA) is 93.1 Å². The third kappa shape index (κ3) is 2.42. The van der Waals surface area contributed by atoms with E-state index in [1.807, 2.05) is 13.8 Å². The lowest BCUT2D eigenvalue weighted by atomic mass is 9.42. The molecule has 0 amide bonds. The van der Waals surface area contributed by atoms with Crippen molar-refractivity contribution in [3.05, 3.63) is 0 Å². The van der Waals surface area contributed by atoms with Crippen LogP contribution >= 0.6 is 0 Å². The highest BCUT2D eigenvalue weighted by Crippen LogP contribution is 2.73. The Hall–Kier alpha value is -0.890. The number of rotatable bonds is 2. The number of ketones is 2. The number of ether oxygens (including phenoxy) is 2. The molecule has 9 atom stereocenters. The molecule has 0 aromatic rings. The van der Waals surface area contributed by atoms with Crippen molar-refractivity contribution in [1.82, 2.24) is 0 Å². The van der Waals surface area contributed by atoms with Crippen LogP contribution in [0.15, 0.2) is 0 Å². The number of hydrogen-bond donors (Lipinski definition) is 2. The third-order valence-corrected chi connectivity index (χ3v) is 10.1. The second-order valence-corrected chi connectivity index (χ2v) is 11.7. The molecule has 31 heavy (non-hydrogen) atoms. The quantitative estimate of drug-likeness (QED) is 0.689. The van der Waals surface area contributed by atoms with E-state index in [1.54, 1.807) is 13.8 Å². The second kappa shape index (κ2) is 6.37. The molecule has 0 bridgehead atoms. The summed E-state index contributed by atoms with van der Waals surface area (Å²) in [5.74, 6) is -1.98. The molecule has 5 fully saturated rings. The molecule has 1 aliphatic heterocycles. The number of carbonyl (C=O) groups excluding carboxylic acids is 2. The average molecular weight is 439 g/mol. The monoisotopic (exact) mass is 438 g/mol. The summed E-state index contributed by atoms with van der Waals surface area (Å²) in [6.07, 6.45) is 1.21. The van der Waals surface area contributed by atoms with Crippen molar-refractivity contribution in [2.75, 3.05) is 6.61 Å². The molecular weight excluding hydrogens is 403 g/mol. The van der Waals surface area contributed by atoms with Gasteiger partial charge in [0.15, 0.2) is 17.2 Å². The fourth-order valence-electron chi connectivity index (χ4n) is 8.77. The average Bonchev–Trinajstić information content (AvgIpc) is 3.09. The fraction of sp³-hybridized carbons (Fsp3) is 0.917. The Morgan fingerprint density at radius 1 is 1.16 bits per heavy atom. The van der Waals surface area contributed by atoms with Crippen LogP contribution in [0.25, 0.3) is 0 Å². The van der Waals surface area contributed by atoms with Crippen molar-refractivity contribution < 1.29 is 33.7 Å². The van der Waals surface area contributed by atoms with Crippen molar-refractivity contribution in [1.29, 1.82) is 0 Å². The summed E-state index contributed by atoms with van der Waals surface area (Å²) in [5.41, 5.74) is -4.83. The van der Waals surface area contributed by atoms with Gasteiger partial charge >= 0.3 is 0 Å². The predicted octanol–water partition coefficient (Wildman–Crippen LogP) is 2.72. The standard InChI is InChI=1S/C24H35FO6/c1-20(2)30-19-10-16-15-6-5-13-9-14(27)7-8-21(13,3)23(15,25)17(28)11-22(16,4)24(19,31-20)18(29)12-26/h13,15-17,19,26,28H,5-12H2,1-4H3/t13-,15-,16-,17-,19+,21-,22-,23+,24+/m0/s1. The van der Waals surface area contributed by atoms with E-state index in [1.165, 1.54) is 0 Å². The summed E-state index contributed by atoms with van der Waals surface area (Å²) >= 11 is 0. The van der Waals surface area contributed by atoms with Gasteiger partial charge in [-0.2, -0.15) is 0 Å². The second-order valence-electron chi connectivity index (χ2n) is 11.7. The minimum Gasteiger partial charge on any atom is -0.390 e. The maximum atomic E-state index is 17.2. The molecule has 0 unspecified atom stereocenters. The molecule has 0 radical (unpaired) electrons. The van der Waals surface area contributed by atoms with Gasteiger partial charge in [-0.25, -0.2) is 4.39 Å². The first-order valence-electron chi connectivity index (χ1n) is 11.8. The zero-order valence-electron chi connectivity index (χ0n) is 18.9. The van der Waals surface area contributed by atoms with Gasteiger partial charge in [0, 0.05) is 23.7 Å². The molecular formula is C24H35FO6. The van der Waals surface area contributed by atoms with Gasteiger partial charge in [0.1, 0.15) is 18.1 Å². The Labute approximate surface area is 182 Å². The largest absolute Gasteiger partial charge is 0.390 e. The van der Waals surface area contributed by atoms with Crippen LogP contribution in [0.1, 0.15) is 72.6 Å². The molecule has 1 saturated heterocycles. The summed E-state index contributed by atoms with van der Waals surface area (Å²) in [6, 6.07) is 0. The van der Waals surface area contributed by atoms with Crippen LogP contribution in [0.4, 0.5) is 4.39 Å². The molecule has 4 aliphatic carbocycles. The van der Waals surface area contributed by atoms with Crippen molar-refractivity contribution >= 4 is 11.6 Å². The molecule has 0 aromatic carbocycles. The molecule has 1 heterocycles. The Morgan fingerprint density at radius 2 is 1.87 bits per heavy atom. The van der Waals surface area contributed by atoms with Gasteiger partial charge in [0.2, 0.25) is 0 Å². The van der Waals surface area contributed by atoms with Gasteiger partial charge in [-0.3, -0.25) is 9.59 Å². The fourth-order valence-corrected chi connectivity index (χ4v) is 8.77. The van der Waals surface area contributed by atoms with Crippen molar-refractivity contribution in [3.8, 4) is 0 Å². The van der Waals surface area contributed by atoms with E-state index in [2.05, 4.69) is 0 Å². The summed E-state index contributed by atoms with van der Waals surface area (Å²) < 4.78 is 29.7. The van der Waals surface area contributed by atoms with E-state index in [0.29, 0.717) is 32.1 Å². The van der Waals surface area contributed by atoms with Crippen molar-refractivity contribution in [2.45, 2.75) is 102 Å². The van der Waals surface area contributed by atoms with Crippen LogP contribution < -0.4 is 0 Å². The van der Waals surface area contributed by atoms with Gasteiger partial charge in [-0.1, -0.05) is 13.8 Å². The number of fused-ring (bicyclic) bond motifs is 7. The van der Waals surface area contributed by atoms with E-state index >= 15 is 4.39 Å². The lowest BCUT2D eigenvalue weighted by Gasteiger charge is -2.65. The van der Waals surface area contributed by atoms with Crippen LogP contribution in [0.3, 0.4) is 0 Å². The van der Waals surface area contributed by atoms with Crippen LogP contribution in [-0.4, -0.2) is 57.7 Å². The molecule has 5 aliphatic rings. The van der Waals surface area contributed by atoms with Crippen molar-refractivity contribution in [3.63, 3.8) is 0 Å². The Kier molecular flexibility index (Phi) is 4.50. The van der Waals surface area contributed by atoms with Gasteiger partial charge in [-0.05, 0) is 63.7 Å². The summed E-state index contributed by atoms with van der Waals surface area (Å²) in [4.78, 5) is 25.3. The van der Waals surface area contributed by atoms with Crippen LogP contribution in [-0.2, 0) is 19.1 Å². The number of alkyl halides is 1. The van der Waals surface area contributed by atoms with E-state index in [4.69, 9.17) is 9.47 Å². The third-order valence-electron chi connectivity index (χ3n) is 10.1. The van der Waals surface area contributed by atoms with E-state index in [-0.39, 0.29) is 24.0 Å². The van der Waals surface area contributed by atoms with Gasteiger partial charge < -0.3 is 19.7 Å². The molecule has 2 N–H and O–H groups in total. The Balaban J connectivity index is 1.60. The first-order chi connectivity index (χ1) is 14.4. The smallest absolute Gasteiger partial charge is 0.193 e. The number of Topliss-reactive ketones (excluding diaryl/α,β-unsaturated/α-hetero) is 2. The lowest BCUT2D eigenvalue weighted by Crippen LogP contribution is -2.71. The highest BCUT2D eigenvalue weighted by atomic mass is 19.1. The van der Waals surface area contributed by atoms with Crippen LogP contribution in [0.2, 0.25) is 0 Å². The number of aliphatic hydroxyl groups excluding tert-OH is 2. The van der Waals surface area contributed by atoms with Gasteiger partial charge in [-0.15, -0.1) is 0 Å². The predicted molar refractivity (Wildman–Crippen MR) is 109 cm³/mol. The maximum absolute atomic E-state index is 17.2. The molecule has 0 aromatic heterocycles. The van der Waals surface area contributed by atoms with Gasteiger partial charge in [0.25, 0.3) is 0 Å². The highest BCUT2D eigenvalue weighted by molar-refractivity contribution is 5.91. The van der Waals surface area contributed by atoms with E-state index < -0.39 is 58.4 Å². The molecule has 0 spiro atoms. The number of carbonyl (C=O) groups is 2. The molecule has 5 rings (SSSR count). The minimum absolute atomic E-state index is 0.0608. The summed E-state index contributed by atoms with van der Waals surface area (Å²) in [7, 11) is 0. The highest BCUT2D eigenvalue weighted by Gasteiger charge is 2.80. The number of hydrogen-bond acceptors (Lipinski definition) is 6. The Morgan fingerprint density at radius 3 is 2.55 bits per heavy atom. The molecule has 174 valence electrons. The first-order valence-corrected chi connectivity index (χ1v) is 11.8. The zero-order chi connectivity index (χ0) is 22.6. The van der Waals surface area contributed by atoms with Crippen LogP contribution in [0.5, 0.6) is 0 Å². The maximum Gasteiger partial charge on any atom is 0.193 e. The summed E-state index contributed by atoms with van der Waals surface area (Å²) in [6.45, 7) is 6.65. The zero-order valence-corrected chi connectivity index (χ0v) is 18.9. The summed E-state index contributed by atoms with van der Waals surface area (Å²) in [5, 5.41) is 21.3. The molecule has 7 heteroatoms. The normalized spacial score (nSPS) is 55.2. The van der Waals surface area contributed by atoms with Crippen LogP contribution in [0, 0.1) is 28.6 Å². The Bertz CT molecular complexity index is 829. The minimum atomic E-state index is -1.82. The van der Waals surface area contributed by atoms with Gasteiger partial charge in [0.05, 0.1) is 12.2 Å². The SMILES string of the molecule is CC1(C)O[C@@H]2C[C@H]3[C@@H]4CC[C@H]5CC(=O)CC[C@]5(C)[C@]4(F)[C@@H](O)C[C@]3(C)[C@]2(C(=O)CO)O1. The lowest BCUT2D eigenvalue weighted by molar-refractivity contribution is -0.269. The van der Waals surface area contributed by atoms with Crippen molar-refractivity contribution in [2.24, 2.45) is 28.6 Å². The first kappa shape index (κ1) is 21.9.